The molecule has 0 spiro atoms. The summed E-state index contributed by atoms with van der Waals surface area (Å²) >= 11 is 0. The molecule has 1 saturated heterocycles. The van der Waals surface area contributed by atoms with Gasteiger partial charge in [-0.15, -0.1) is 0 Å². The third kappa shape index (κ3) is 5.49. The number of hydrogen-bond donors (Lipinski definition) is 0. The van der Waals surface area contributed by atoms with E-state index in [1.165, 1.54) is 0 Å². The van der Waals surface area contributed by atoms with E-state index in [0.29, 0.717) is 55.4 Å². The Balaban J connectivity index is 1.38. The largest absolute Gasteiger partial charge is 0.467 e. The minimum Gasteiger partial charge on any atom is -0.467 e. The van der Waals surface area contributed by atoms with Crippen molar-refractivity contribution < 1.29 is 22.0 Å². The zero-order chi connectivity index (χ0) is 22.4. The lowest BCUT2D eigenvalue weighted by atomic mass is 10.1. The molecule has 0 bridgehead atoms. The number of amides is 1. The Hall–Kier alpha value is -2.84. The van der Waals surface area contributed by atoms with Gasteiger partial charge in [-0.2, -0.15) is 4.31 Å². The number of benzene rings is 1. The normalized spacial score (nSPS) is 15.0. The summed E-state index contributed by atoms with van der Waals surface area (Å²) in [4.78, 5) is 15.0. The topological polar surface area (TPSA) is 84.0 Å². The lowest BCUT2D eigenvalue weighted by Crippen LogP contribution is -2.35. The number of piperidine rings is 1. The molecule has 1 aliphatic heterocycles. The summed E-state index contributed by atoms with van der Waals surface area (Å²) in [5, 5.41) is 0. The monoisotopic (exact) mass is 456 g/mol. The molecule has 32 heavy (non-hydrogen) atoms. The Labute approximate surface area is 188 Å². The van der Waals surface area contributed by atoms with E-state index in [9.17, 15) is 13.2 Å². The molecule has 3 aromatic rings. The first-order valence-corrected chi connectivity index (χ1v) is 12.4. The Kier molecular flexibility index (Phi) is 7.12. The fourth-order valence-corrected chi connectivity index (χ4v) is 5.42. The third-order valence-corrected chi connectivity index (χ3v) is 7.62. The molecule has 4 rings (SSSR count). The van der Waals surface area contributed by atoms with Gasteiger partial charge in [-0.3, -0.25) is 4.79 Å². The molecule has 0 radical (unpaired) electrons. The highest BCUT2D eigenvalue weighted by Gasteiger charge is 2.25. The summed E-state index contributed by atoms with van der Waals surface area (Å²) in [6.45, 7) is 1.89. The molecule has 7 nitrogen and oxygen atoms in total. The Bertz CT molecular complexity index is 1050. The van der Waals surface area contributed by atoms with Crippen LogP contribution in [-0.2, 0) is 34.3 Å². The van der Waals surface area contributed by atoms with Gasteiger partial charge < -0.3 is 13.7 Å². The van der Waals surface area contributed by atoms with Gasteiger partial charge in [0, 0.05) is 19.5 Å². The first kappa shape index (κ1) is 22.4. The van der Waals surface area contributed by atoms with Crippen LogP contribution in [0, 0.1) is 0 Å². The second-order valence-electron chi connectivity index (χ2n) is 8.02. The highest BCUT2D eigenvalue weighted by Crippen LogP contribution is 2.21. The van der Waals surface area contributed by atoms with E-state index in [2.05, 4.69) is 0 Å². The summed E-state index contributed by atoms with van der Waals surface area (Å²) in [5.74, 6) is 1.39. The van der Waals surface area contributed by atoms with Gasteiger partial charge in [0.25, 0.3) is 0 Å². The minimum absolute atomic E-state index is 0.0252. The van der Waals surface area contributed by atoms with Gasteiger partial charge in [0.2, 0.25) is 15.9 Å². The minimum atomic E-state index is -3.44. The molecule has 1 aromatic carbocycles. The number of furan rings is 2. The second-order valence-corrected chi connectivity index (χ2v) is 9.96. The van der Waals surface area contributed by atoms with Crippen molar-refractivity contribution in [3.8, 4) is 0 Å². The van der Waals surface area contributed by atoms with Crippen molar-refractivity contribution in [1.29, 1.82) is 0 Å². The second kappa shape index (κ2) is 10.2. The maximum Gasteiger partial charge on any atom is 0.243 e. The molecule has 1 aliphatic rings. The van der Waals surface area contributed by atoms with Gasteiger partial charge in [-0.05, 0) is 61.2 Å². The molecule has 1 amide bonds. The highest BCUT2D eigenvalue weighted by molar-refractivity contribution is 7.89. The summed E-state index contributed by atoms with van der Waals surface area (Å²) < 4.78 is 38.0. The number of nitrogens with zero attached hydrogens (tertiary/aromatic N) is 2. The SMILES string of the molecule is O=C(CCc1ccc(S(=O)(=O)N2CCCCC2)cc1)N(Cc1ccco1)Cc1ccco1. The Morgan fingerprint density at radius 2 is 1.47 bits per heavy atom. The molecule has 0 unspecified atom stereocenters. The zero-order valence-corrected chi connectivity index (χ0v) is 18.8. The summed E-state index contributed by atoms with van der Waals surface area (Å²) in [6, 6.07) is 14.2. The van der Waals surface area contributed by atoms with Gasteiger partial charge in [0.05, 0.1) is 30.5 Å². The van der Waals surface area contributed by atoms with Crippen LogP contribution >= 0.6 is 0 Å². The van der Waals surface area contributed by atoms with Gasteiger partial charge in [-0.1, -0.05) is 18.6 Å². The molecule has 2 aromatic heterocycles. The maximum absolute atomic E-state index is 12.9. The van der Waals surface area contributed by atoms with Gasteiger partial charge in [0.15, 0.2) is 0 Å². The molecule has 8 heteroatoms. The van der Waals surface area contributed by atoms with Crippen LogP contribution in [0.3, 0.4) is 0 Å². The predicted molar refractivity (Wildman–Crippen MR) is 119 cm³/mol. The quantitative estimate of drug-likeness (QED) is 0.482. The van der Waals surface area contributed by atoms with Crippen molar-refractivity contribution >= 4 is 15.9 Å². The van der Waals surface area contributed by atoms with Crippen LogP contribution in [0.15, 0.2) is 74.8 Å². The van der Waals surface area contributed by atoms with E-state index in [0.717, 1.165) is 24.8 Å². The number of hydrogen-bond acceptors (Lipinski definition) is 5. The van der Waals surface area contributed by atoms with Crippen molar-refractivity contribution in [2.24, 2.45) is 0 Å². The molecule has 0 saturated carbocycles. The fourth-order valence-electron chi connectivity index (χ4n) is 3.91. The van der Waals surface area contributed by atoms with Gasteiger partial charge in [-0.25, -0.2) is 8.42 Å². The van der Waals surface area contributed by atoms with Crippen LogP contribution in [0.1, 0.15) is 42.8 Å². The number of aryl methyl sites for hydroxylation is 1. The highest BCUT2D eigenvalue weighted by atomic mass is 32.2. The average molecular weight is 457 g/mol. The Morgan fingerprint density at radius 1 is 0.875 bits per heavy atom. The first-order valence-electron chi connectivity index (χ1n) is 10.9. The number of carbonyl (C=O) groups is 1. The average Bonchev–Trinajstić information content (AvgIpc) is 3.52. The smallest absolute Gasteiger partial charge is 0.243 e. The van der Waals surface area contributed by atoms with Crippen LogP contribution < -0.4 is 0 Å². The van der Waals surface area contributed by atoms with E-state index in [4.69, 9.17) is 8.83 Å². The molecule has 0 N–H and O–H groups in total. The molecule has 0 atom stereocenters. The van der Waals surface area contributed by atoms with Crippen molar-refractivity contribution in [2.75, 3.05) is 13.1 Å². The number of sulfonamides is 1. The molecule has 3 heterocycles. The first-order chi connectivity index (χ1) is 15.5. The van der Waals surface area contributed by atoms with E-state index >= 15 is 0 Å². The van der Waals surface area contributed by atoms with Crippen molar-refractivity contribution in [2.45, 2.75) is 50.1 Å². The molecule has 0 aliphatic carbocycles. The molecule has 170 valence electrons. The lowest BCUT2D eigenvalue weighted by molar-refractivity contribution is -0.133. The lowest BCUT2D eigenvalue weighted by Gasteiger charge is -2.25. The summed E-state index contributed by atoms with van der Waals surface area (Å²) in [5.41, 5.74) is 0.923. The van der Waals surface area contributed by atoms with Crippen LogP contribution in [0.5, 0.6) is 0 Å². The number of carbonyl (C=O) groups excluding carboxylic acids is 1. The van der Waals surface area contributed by atoms with Crippen LogP contribution in [0.4, 0.5) is 0 Å². The van der Waals surface area contributed by atoms with Crippen LogP contribution in [0.2, 0.25) is 0 Å². The van der Waals surface area contributed by atoms with Gasteiger partial charge >= 0.3 is 0 Å². The van der Waals surface area contributed by atoms with E-state index in [1.54, 1.807) is 58.1 Å². The molecular weight excluding hydrogens is 428 g/mol. The van der Waals surface area contributed by atoms with Crippen LogP contribution in [-0.4, -0.2) is 36.6 Å². The van der Waals surface area contributed by atoms with E-state index < -0.39 is 10.0 Å². The van der Waals surface area contributed by atoms with Crippen molar-refractivity contribution in [3.05, 3.63) is 78.1 Å². The summed E-state index contributed by atoms with van der Waals surface area (Å²) in [7, 11) is -3.44. The predicted octanol–water partition coefficient (Wildman–Crippen LogP) is 4.21. The molecular formula is C24H28N2O5S. The fraction of sp³-hybridized carbons (Fsp3) is 0.375. The van der Waals surface area contributed by atoms with E-state index in [-0.39, 0.29) is 5.91 Å². The standard InChI is InChI=1S/C24H28N2O5S/c27-24(25(18-21-6-4-16-30-21)19-22-7-5-17-31-22)13-10-20-8-11-23(12-9-20)32(28,29)26-14-2-1-3-15-26/h4-9,11-12,16-17H,1-3,10,13-15,18-19H2. The van der Waals surface area contributed by atoms with Gasteiger partial charge in [0.1, 0.15) is 11.5 Å². The zero-order valence-electron chi connectivity index (χ0n) is 18.0. The Morgan fingerprint density at radius 3 is 2.00 bits per heavy atom. The third-order valence-electron chi connectivity index (χ3n) is 5.71. The van der Waals surface area contributed by atoms with Crippen LogP contribution in [0.25, 0.3) is 0 Å². The summed E-state index contributed by atoms with van der Waals surface area (Å²) in [6.07, 6.45) is 6.90. The van der Waals surface area contributed by atoms with Crippen molar-refractivity contribution in [3.63, 3.8) is 0 Å². The molecule has 1 fully saturated rings. The number of rotatable bonds is 9. The maximum atomic E-state index is 12.9. The van der Waals surface area contributed by atoms with Crippen molar-refractivity contribution in [1.82, 2.24) is 9.21 Å². The van der Waals surface area contributed by atoms with E-state index in [1.807, 2.05) is 12.1 Å².